The number of aromatic nitrogens is 3. The summed E-state index contributed by atoms with van der Waals surface area (Å²) in [5.41, 5.74) is 6.00. The fourth-order valence-corrected chi connectivity index (χ4v) is 2.65. The van der Waals surface area contributed by atoms with E-state index in [-0.39, 0.29) is 0 Å². The molecule has 2 aromatic heterocycles. The average Bonchev–Trinajstić information content (AvgIpc) is 3.20. The molecule has 22 heavy (non-hydrogen) atoms. The van der Waals surface area contributed by atoms with Crippen molar-refractivity contribution in [3.63, 3.8) is 0 Å². The molecule has 0 unspecified atom stereocenters. The second-order valence-electron chi connectivity index (χ2n) is 5.07. The number of nitrogens with one attached hydrogen (secondary N) is 1. The minimum atomic E-state index is 0.646. The van der Waals surface area contributed by atoms with E-state index in [4.69, 9.17) is 9.68 Å². The first-order valence-corrected chi connectivity index (χ1v) is 6.85. The Labute approximate surface area is 124 Å². The van der Waals surface area contributed by atoms with Crippen molar-refractivity contribution in [3.8, 4) is 22.8 Å². The number of fused-ring (bicyclic) bond motifs is 4. The molecule has 0 fully saturated rings. The Morgan fingerprint density at radius 2 is 1.86 bits per heavy atom. The fourth-order valence-electron chi connectivity index (χ4n) is 2.65. The normalized spacial score (nSPS) is 13.1. The molecule has 1 aliphatic rings. The maximum Gasteiger partial charge on any atom is 0.196 e. The van der Waals surface area contributed by atoms with Gasteiger partial charge in [-0.3, -0.25) is 0 Å². The Kier molecular flexibility index (Phi) is 2.19. The lowest BCUT2D eigenvalue weighted by molar-refractivity contribution is 0.0260. The van der Waals surface area contributed by atoms with Crippen LogP contribution in [0.4, 0.5) is 0 Å². The summed E-state index contributed by atoms with van der Waals surface area (Å²) in [6.07, 6.45) is 1.86. The van der Waals surface area contributed by atoms with E-state index in [0.717, 1.165) is 27.8 Å². The molecule has 0 aliphatic carbocycles. The van der Waals surface area contributed by atoms with E-state index in [1.807, 2.05) is 59.2 Å². The maximum atomic E-state index is 5.18. The van der Waals surface area contributed by atoms with Crippen molar-refractivity contribution < 1.29 is 9.68 Å². The van der Waals surface area contributed by atoms with Gasteiger partial charge in [-0.25, -0.2) is 9.50 Å². The molecular weight excluding hydrogens is 280 g/mol. The molecule has 5 rings (SSSR count). The van der Waals surface area contributed by atoms with Crippen LogP contribution in [0.2, 0.25) is 0 Å². The van der Waals surface area contributed by atoms with E-state index < -0.39 is 0 Å². The van der Waals surface area contributed by atoms with Gasteiger partial charge in [-0.1, -0.05) is 18.2 Å². The van der Waals surface area contributed by atoms with Crippen molar-refractivity contribution in [1.82, 2.24) is 20.2 Å². The van der Waals surface area contributed by atoms with Crippen molar-refractivity contribution in [2.45, 2.75) is 0 Å². The smallest absolute Gasteiger partial charge is 0.196 e. The molecular formula is C16H10N4O2. The lowest BCUT2D eigenvalue weighted by Crippen LogP contribution is -2.14. The zero-order valence-corrected chi connectivity index (χ0v) is 11.4. The van der Waals surface area contributed by atoms with Crippen molar-refractivity contribution in [3.05, 3.63) is 54.7 Å². The molecule has 6 heteroatoms. The molecule has 2 aromatic carbocycles. The maximum absolute atomic E-state index is 5.18. The highest BCUT2D eigenvalue weighted by Crippen LogP contribution is 2.34. The van der Waals surface area contributed by atoms with Crippen LogP contribution in [-0.2, 0) is 0 Å². The minimum absolute atomic E-state index is 0.646. The van der Waals surface area contributed by atoms with Crippen molar-refractivity contribution in [2.75, 3.05) is 0 Å². The monoisotopic (exact) mass is 290 g/mol. The van der Waals surface area contributed by atoms with Gasteiger partial charge in [0.25, 0.3) is 0 Å². The fraction of sp³-hybridized carbons (Fsp3) is 0. The predicted molar refractivity (Wildman–Crippen MR) is 80.3 cm³/mol. The third kappa shape index (κ3) is 1.58. The van der Waals surface area contributed by atoms with E-state index in [1.54, 1.807) is 0 Å². The van der Waals surface area contributed by atoms with Crippen molar-refractivity contribution in [1.29, 1.82) is 0 Å². The van der Waals surface area contributed by atoms with E-state index in [2.05, 4.69) is 15.7 Å². The van der Waals surface area contributed by atoms with Crippen LogP contribution in [0.5, 0.6) is 11.5 Å². The Balaban J connectivity index is 1.73. The summed E-state index contributed by atoms with van der Waals surface area (Å²) in [5, 5.41) is 5.73. The van der Waals surface area contributed by atoms with Crippen LogP contribution in [0.1, 0.15) is 0 Å². The first-order valence-electron chi connectivity index (χ1n) is 6.85. The molecule has 1 aliphatic heterocycles. The van der Waals surface area contributed by atoms with E-state index in [0.29, 0.717) is 11.5 Å². The molecule has 4 aromatic rings. The zero-order chi connectivity index (χ0) is 14.5. The van der Waals surface area contributed by atoms with Gasteiger partial charge in [-0.2, -0.15) is 5.10 Å². The van der Waals surface area contributed by atoms with Crippen LogP contribution in [0.15, 0.2) is 54.7 Å². The third-order valence-corrected chi connectivity index (χ3v) is 3.73. The molecule has 106 valence electrons. The quantitative estimate of drug-likeness (QED) is 0.584. The second kappa shape index (κ2) is 4.19. The highest BCUT2D eigenvalue weighted by Gasteiger charge is 2.16. The number of hydrogen-bond acceptors (Lipinski definition) is 5. The summed E-state index contributed by atoms with van der Waals surface area (Å²) in [7, 11) is 0. The Morgan fingerprint density at radius 3 is 2.86 bits per heavy atom. The summed E-state index contributed by atoms with van der Waals surface area (Å²) in [6, 6.07) is 15.7. The van der Waals surface area contributed by atoms with Crippen LogP contribution in [0.25, 0.3) is 27.8 Å². The Bertz CT molecular complexity index is 1030. The summed E-state index contributed by atoms with van der Waals surface area (Å²) in [4.78, 5) is 14.7. The number of nitrogens with zero attached hydrogens (tertiary/aromatic N) is 3. The van der Waals surface area contributed by atoms with Crippen LogP contribution >= 0.6 is 0 Å². The van der Waals surface area contributed by atoms with Gasteiger partial charge >= 0.3 is 0 Å². The zero-order valence-electron chi connectivity index (χ0n) is 11.4. The van der Waals surface area contributed by atoms with Gasteiger partial charge in [0.15, 0.2) is 17.1 Å². The van der Waals surface area contributed by atoms with E-state index in [9.17, 15) is 0 Å². The molecule has 0 spiro atoms. The molecule has 3 heterocycles. The second-order valence-corrected chi connectivity index (χ2v) is 5.07. The standard InChI is InChI=1S/C16H10N4O2/c1-2-4-13-11(3-1)9-17-16-8-12(18-20(13)16)10-5-6-14-15(7-10)22-19-21-14/h1-9,19H. The first kappa shape index (κ1) is 11.5. The van der Waals surface area contributed by atoms with Gasteiger partial charge in [0, 0.05) is 28.9 Å². The SMILES string of the molecule is c1ccc2c(c1)cnc1cc(-c3ccc4c(c3)ONO4)nn12. The van der Waals surface area contributed by atoms with Crippen LogP contribution in [-0.4, -0.2) is 14.6 Å². The van der Waals surface area contributed by atoms with Gasteiger partial charge in [-0.15, -0.1) is 0 Å². The van der Waals surface area contributed by atoms with Crippen molar-refractivity contribution >= 4 is 16.6 Å². The van der Waals surface area contributed by atoms with Crippen LogP contribution in [0, 0.1) is 0 Å². The first-order chi connectivity index (χ1) is 10.9. The minimum Gasteiger partial charge on any atom is -0.370 e. The van der Waals surface area contributed by atoms with Gasteiger partial charge in [0.1, 0.15) is 0 Å². The van der Waals surface area contributed by atoms with Crippen molar-refractivity contribution in [2.24, 2.45) is 0 Å². The summed E-state index contributed by atoms with van der Waals surface area (Å²) >= 11 is 0. The van der Waals surface area contributed by atoms with Crippen LogP contribution < -0.4 is 15.3 Å². The molecule has 0 amide bonds. The van der Waals surface area contributed by atoms with E-state index >= 15 is 0 Å². The molecule has 6 nitrogen and oxygen atoms in total. The topological polar surface area (TPSA) is 60.7 Å². The Morgan fingerprint density at radius 1 is 0.955 bits per heavy atom. The van der Waals surface area contributed by atoms with E-state index in [1.165, 1.54) is 0 Å². The highest BCUT2D eigenvalue weighted by molar-refractivity contribution is 5.81. The number of rotatable bonds is 1. The summed E-state index contributed by atoms with van der Waals surface area (Å²) in [6.45, 7) is 0. The Hall–Kier alpha value is -3.12. The highest BCUT2D eigenvalue weighted by atomic mass is 16.9. The summed E-state index contributed by atoms with van der Waals surface area (Å²) < 4.78 is 1.85. The molecule has 0 atom stereocenters. The third-order valence-electron chi connectivity index (χ3n) is 3.73. The predicted octanol–water partition coefficient (Wildman–Crippen LogP) is 2.74. The molecule has 0 bridgehead atoms. The average molecular weight is 290 g/mol. The van der Waals surface area contributed by atoms with Gasteiger partial charge in [0.2, 0.25) is 0 Å². The van der Waals surface area contributed by atoms with Gasteiger partial charge < -0.3 is 9.68 Å². The molecule has 0 saturated heterocycles. The molecule has 0 saturated carbocycles. The number of benzene rings is 2. The summed E-state index contributed by atoms with van der Waals surface area (Å²) in [5.74, 6) is 1.31. The molecule has 0 radical (unpaired) electrons. The lowest BCUT2D eigenvalue weighted by Gasteiger charge is -1.99. The number of para-hydroxylation sites is 1. The largest absolute Gasteiger partial charge is 0.370 e. The van der Waals surface area contributed by atoms with Gasteiger partial charge in [0.05, 0.1) is 11.2 Å². The molecule has 1 N–H and O–H groups in total. The lowest BCUT2D eigenvalue weighted by atomic mass is 10.1. The van der Waals surface area contributed by atoms with Crippen LogP contribution in [0.3, 0.4) is 0 Å². The number of hydrogen-bond donors (Lipinski definition) is 1. The van der Waals surface area contributed by atoms with Gasteiger partial charge in [-0.05, 0) is 24.3 Å².